The number of aromatic amines is 1. The molecule has 0 spiro atoms. The summed E-state index contributed by atoms with van der Waals surface area (Å²) in [5.74, 6) is -0.873. The van der Waals surface area contributed by atoms with Gasteiger partial charge >= 0.3 is 0 Å². The van der Waals surface area contributed by atoms with Crippen molar-refractivity contribution in [1.82, 2.24) is 25.4 Å². The van der Waals surface area contributed by atoms with Crippen LogP contribution in [0.1, 0.15) is 53.0 Å². The first-order chi connectivity index (χ1) is 24.7. The van der Waals surface area contributed by atoms with Crippen molar-refractivity contribution in [2.24, 2.45) is 17.8 Å². The van der Waals surface area contributed by atoms with Crippen molar-refractivity contribution < 1.29 is 28.7 Å². The van der Waals surface area contributed by atoms with E-state index in [9.17, 15) is 19.2 Å². The van der Waals surface area contributed by atoms with Gasteiger partial charge in [-0.05, 0) is 86.9 Å². The number of piperidine rings is 1. The van der Waals surface area contributed by atoms with E-state index < -0.39 is 12.0 Å². The monoisotopic (exact) mass is 693 g/mol. The highest BCUT2D eigenvalue weighted by molar-refractivity contribution is 6.06. The van der Waals surface area contributed by atoms with Gasteiger partial charge in [0.25, 0.3) is 11.8 Å². The number of benzene rings is 3. The van der Waals surface area contributed by atoms with E-state index in [-0.39, 0.29) is 48.1 Å². The number of nitrogens with zero attached hydrogens (tertiary/aromatic N) is 2. The first kappa shape index (κ1) is 35.5. The predicted molar refractivity (Wildman–Crippen MR) is 195 cm³/mol. The molecular weight excluding hydrogens is 646 g/mol. The van der Waals surface area contributed by atoms with Crippen LogP contribution in [-0.4, -0.2) is 90.9 Å². The zero-order valence-electron chi connectivity index (χ0n) is 29.7. The number of carbonyl (C=O) groups is 4. The summed E-state index contributed by atoms with van der Waals surface area (Å²) in [7, 11) is 3.10. The maximum atomic E-state index is 14.3. The molecule has 3 N–H and O–H groups in total. The normalized spacial score (nSPS) is 19.0. The van der Waals surface area contributed by atoms with Crippen LogP contribution in [0, 0.1) is 17.8 Å². The van der Waals surface area contributed by atoms with E-state index in [2.05, 4.69) is 15.6 Å². The molecule has 0 saturated carbocycles. The molecule has 4 atom stereocenters. The van der Waals surface area contributed by atoms with Crippen molar-refractivity contribution in [2.75, 3.05) is 40.3 Å². The summed E-state index contributed by atoms with van der Waals surface area (Å²) in [6, 6.07) is 21.9. The van der Waals surface area contributed by atoms with Crippen molar-refractivity contribution >= 4 is 34.5 Å². The summed E-state index contributed by atoms with van der Waals surface area (Å²) in [6.07, 6.45) is 3.68. The number of aryl methyl sites for hydroxylation is 1. The Morgan fingerprint density at radius 3 is 2.37 bits per heavy atom. The minimum Gasteiger partial charge on any atom is -0.493 e. The number of aromatic nitrogens is 1. The van der Waals surface area contributed by atoms with Crippen LogP contribution in [0.2, 0.25) is 0 Å². The number of methoxy groups -OCH3 is 1. The average Bonchev–Trinajstić information content (AvgIpc) is 3.81. The summed E-state index contributed by atoms with van der Waals surface area (Å²) in [4.78, 5) is 62.1. The molecular formula is C40H47N5O6. The van der Waals surface area contributed by atoms with Crippen molar-refractivity contribution in [1.29, 1.82) is 0 Å². The molecule has 0 aliphatic carbocycles. The summed E-state index contributed by atoms with van der Waals surface area (Å²) in [5, 5.41) is 6.56. The summed E-state index contributed by atoms with van der Waals surface area (Å²) >= 11 is 0. The zero-order chi connectivity index (χ0) is 36.1. The van der Waals surface area contributed by atoms with Crippen molar-refractivity contribution in [3.8, 4) is 11.5 Å². The van der Waals surface area contributed by atoms with Crippen molar-refractivity contribution in [2.45, 2.75) is 45.3 Å². The fourth-order valence-electron chi connectivity index (χ4n) is 7.54. The third-order valence-electron chi connectivity index (χ3n) is 10.1. The molecule has 4 amide bonds. The summed E-state index contributed by atoms with van der Waals surface area (Å²) in [5.41, 5.74) is 3.02. The number of likely N-dealkylation sites (tertiary alicyclic amines) is 2. The van der Waals surface area contributed by atoms with Crippen LogP contribution in [-0.2, 0) is 16.0 Å². The molecule has 4 aromatic rings. The third-order valence-corrected chi connectivity index (χ3v) is 10.1. The van der Waals surface area contributed by atoms with Crippen LogP contribution in [0.4, 0.5) is 0 Å². The Balaban J connectivity index is 1.24. The molecule has 2 aliphatic rings. The number of hydrogen-bond donors (Lipinski definition) is 3. The Morgan fingerprint density at radius 2 is 1.65 bits per heavy atom. The van der Waals surface area contributed by atoms with Gasteiger partial charge in [0, 0.05) is 61.5 Å². The molecule has 3 heterocycles. The highest BCUT2D eigenvalue weighted by Crippen LogP contribution is 2.38. The fourth-order valence-corrected chi connectivity index (χ4v) is 7.54. The second kappa shape index (κ2) is 15.7. The number of fused-ring (bicyclic) bond motifs is 2. The maximum Gasteiger partial charge on any atom is 0.254 e. The highest BCUT2D eigenvalue weighted by atomic mass is 16.5. The van der Waals surface area contributed by atoms with Crippen LogP contribution in [0.25, 0.3) is 10.9 Å². The Hall–Kier alpha value is -5.32. The molecule has 1 aromatic heterocycles. The number of likely N-dealkylation sites (N-methyl/N-ethyl adjacent to an activating group) is 1. The van der Waals surface area contributed by atoms with Gasteiger partial charge in [-0.1, -0.05) is 36.4 Å². The van der Waals surface area contributed by atoms with Crippen LogP contribution < -0.4 is 20.1 Å². The quantitative estimate of drug-likeness (QED) is 0.198. The SMILES string of the molecule is CNC(=O)[C@H](CCCc1ccccc1)NC(=O)C1CN(C(=O)c2cccc3[nH]ccc23)CC2CN(C(=O)c3ccc(OC(C)C)c(OC)c3)CC21. The molecule has 0 bridgehead atoms. The van der Waals surface area contributed by atoms with Gasteiger partial charge in [0.05, 0.1) is 19.1 Å². The Bertz CT molecular complexity index is 1870. The standard InChI is InChI=1S/C40H47N5O6/c1-25(2)51-35-17-16-27(20-36(35)50-4)39(48)44-21-28-22-45(40(49)30-13-9-14-33-29(30)18-19-42-33)24-32(31(28)23-44)37(46)43-34(38(47)41-3)15-8-12-26-10-6-5-7-11-26/h5-7,9-11,13-14,16-20,25,28,31-32,34,42H,8,12,15,21-24H2,1-4H3,(H,41,47)(H,43,46)/t28?,31?,32?,34-/m0/s1. The second-order valence-corrected chi connectivity index (χ2v) is 13.8. The molecule has 0 radical (unpaired) electrons. The molecule has 2 saturated heterocycles. The van der Waals surface area contributed by atoms with Gasteiger partial charge in [0.15, 0.2) is 11.5 Å². The Labute approximate surface area is 298 Å². The average molecular weight is 694 g/mol. The highest BCUT2D eigenvalue weighted by Gasteiger charge is 2.48. The lowest BCUT2D eigenvalue weighted by Crippen LogP contribution is -2.56. The van der Waals surface area contributed by atoms with E-state index in [4.69, 9.17) is 9.47 Å². The van der Waals surface area contributed by atoms with Crippen molar-refractivity contribution in [3.63, 3.8) is 0 Å². The van der Waals surface area contributed by atoms with E-state index in [1.807, 2.05) is 62.4 Å². The lowest BCUT2D eigenvalue weighted by molar-refractivity contribution is -0.133. The molecule has 2 aliphatic heterocycles. The molecule has 6 rings (SSSR count). The number of hydrogen-bond acceptors (Lipinski definition) is 6. The lowest BCUT2D eigenvalue weighted by Gasteiger charge is -2.40. The lowest BCUT2D eigenvalue weighted by atomic mass is 9.79. The van der Waals surface area contributed by atoms with E-state index in [0.29, 0.717) is 55.1 Å². The first-order valence-electron chi connectivity index (χ1n) is 17.7. The Kier molecular flexibility index (Phi) is 10.9. The van der Waals surface area contributed by atoms with Gasteiger partial charge in [-0.25, -0.2) is 0 Å². The minimum atomic E-state index is -0.734. The molecule has 3 aromatic carbocycles. The maximum absolute atomic E-state index is 14.3. The first-order valence-corrected chi connectivity index (χ1v) is 17.7. The molecule has 51 heavy (non-hydrogen) atoms. The largest absolute Gasteiger partial charge is 0.493 e. The van der Waals surface area contributed by atoms with Gasteiger partial charge in [0.1, 0.15) is 6.04 Å². The number of ether oxygens (including phenoxy) is 2. The second-order valence-electron chi connectivity index (χ2n) is 13.8. The number of H-pyrrole nitrogens is 1. The summed E-state index contributed by atoms with van der Waals surface area (Å²) in [6.45, 7) is 5.15. The number of carbonyl (C=O) groups excluding carboxylic acids is 4. The van der Waals surface area contributed by atoms with Gasteiger partial charge in [0.2, 0.25) is 11.8 Å². The van der Waals surface area contributed by atoms with Gasteiger partial charge < -0.3 is 34.9 Å². The van der Waals surface area contributed by atoms with Gasteiger partial charge in [-0.15, -0.1) is 0 Å². The van der Waals surface area contributed by atoms with Gasteiger partial charge in [-0.3, -0.25) is 19.2 Å². The summed E-state index contributed by atoms with van der Waals surface area (Å²) < 4.78 is 11.4. The minimum absolute atomic E-state index is 0.0630. The van der Waals surface area contributed by atoms with Crippen molar-refractivity contribution in [3.05, 3.63) is 95.7 Å². The number of amides is 4. The number of nitrogens with one attached hydrogen (secondary N) is 3. The Morgan fingerprint density at radius 1 is 0.882 bits per heavy atom. The van der Waals surface area contributed by atoms with E-state index in [1.165, 1.54) is 7.11 Å². The molecule has 2 fully saturated rings. The predicted octanol–water partition coefficient (Wildman–Crippen LogP) is 4.68. The van der Waals surface area contributed by atoms with Crippen LogP contribution >= 0.6 is 0 Å². The van der Waals surface area contributed by atoms with Crippen LogP contribution in [0.5, 0.6) is 11.5 Å². The zero-order valence-corrected chi connectivity index (χ0v) is 29.7. The fraction of sp³-hybridized carbons (Fsp3) is 0.400. The third kappa shape index (κ3) is 7.87. The van der Waals surface area contributed by atoms with Crippen LogP contribution in [0.15, 0.2) is 79.0 Å². The molecule has 268 valence electrons. The van der Waals surface area contributed by atoms with E-state index in [1.54, 1.807) is 47.3 Å². The topological polar surface area (TPSA) is 133 Å². The molecule has 11 heteroatoms. The van der Waals surface area contributed by atoms with E-state index >= 15 is 0 Å². The molecule has 3 unspecified atom stereocenters. The van der Waals surface area contributed by atoms with Crippen LogP contribution in [0.3, 0.4) is 0 Å². The number of rotatable bonds is 12. The van der Waals surface area contributed by atoms with Gasteiger partial charge in [-0.2, -0.15) is 0 Å². The molecule has 11 nitrogen and oxygen atoms in total. The van der Waals surface area contributed by atoms with E-state index in [0.717, 1.165) is 22.9 Å². The smallest absolute Gasteiger partial charge is 0.254 e.